The summed E-state index contributed by atoms with van der Waals surface area (Å²) in [4.78, 5) is 48.6. The van der Waals surface area contributed by atoms with Crippen molar-refractivity contribution >= 4 is 40.6 Å². The van der Waals surface area contributed by atoms with Crippen molar-refractivity contribution in [1.82, 2.24) is 4.90 Å². The van der Waals surface area contributed by atoms with E-state index in [-0.39, 0.29) is 17.1 Å². The summed E-state index contributed by atoms with van der Waals surface area (Å²) in [6, 6.07) is 14.3. The summed E-state index contributed by atoms with van der Waals surface area (Å²) in [5, 5.41) is 10.5. The van der Waals surface area contributed by atoms with Gasteiger partial charge in [-0.25, -0.2) is 4.79 Å². The van der Waals surface area contributed by atoms with Crippen LogP contribution < -0.4 is 0 Å². The van der Waals surface area contributed by atoms with Gasteiger partial charge in [0, 0.05) is 23.8 Å². The first-order chi connectivity index (χ1) is 16.3. The van der Waals surface area contributed by atoms with E-state index in [9.17, 15) is 24.5 Å². The lowest BCUT2D eigenvalue weighted by molar-refractivity contribution is -0.384. The quantitative estimate of drug-likeness (QED) is 0.206. The van der Waals surface area contributed by atoms with E-state index >= 15 is 0 Å². The standard InChI is InChI=1S/C24H18N2O7S/c1-14-10-16(23(28)32-2)6-8-19(14)20-9-7-18(33-20)12-21-22(27)25(24(29)34-21)13-15-4-3-5-17(11-15)26(30)31/h3-12H,13H2,1-2H3/b21-12+. The number of esters is 1. The average Bonchev–Trinajstić information content (AvgIpc) is 3.38. The Morgan fingerprint density at radius 1 is 1.18 bits per heavy atom. The third-order valence-electron chi connectivity index (χ3n) is 5.15. The second-order valence-electron chi connectivity index (χ2n) is 7.42. The molecular weight excluding hydrogens is 460 g/mol. The summed E-state index contributed by atoms with van der Waals surface area (Å²) in [6.45, 7) is 1.77. The van der Waals surface area contributed by atoms with E-state index in [2.05, 4.69) is 0 Å². The molecule has 2 heterocycles. The topological polar surface area (TPSA) is 120 Å². The lowest BCUT2D eigenvalue weighted by Crippen LogP contribution is -2.27. The van der Waals surface area contributed by atoms with Crippen LogP contribution in [0.25, 0.3) is 17.4 Å². The van der Waals surface area contributed by atoms with Crippen molar-refractivity contribution < 1.29 is 28.5 Å². The Morgan fingerprint density at radius 3 is 2.68 bits per heavy atom. The van der Waals surface area contributed by atoms with E-state index in [0.29, 0.717) is 22.6 Å². The van der Waals surface area contributed by atoms with Crippen LogP contribution in [0.4, 0.5) is 10.5 Å². The van der Waals surface area contributed by atoms with Gasteiger partial charge in [-0.15, -0.1) is 0 Å². The minimum Gasteiger partial charge on any atom is -0.465 e. The van der Waals surface area contributed by atoms with Crippen LogP contribution in [0.15, 0.2) is 63.9 Å². The van der Waals surface area contributed by atoms with Crippen molar-refractivity contribution in [3.05, 3.63) is 92.1 Å². The number of rotatable bonds is 6. The first-order valence-electron chi connectivity index (χ1n) is 10.0. The number of carbonyl (C=O) groups excluding carboxylic acids is 3. The van der Waals surface area contributed by atoms with Crippen molar-refractivity contribution in [2.75, 3.05) is 7.11 Å². The molecule has 0 atom stereocenters. The number of furan rings is 1. The van der Waals surface area contributed by atoms with Gasteiger partial charge in [0.15, 0.2) is 0 Å². The zero-order chi connectivity index (χ0) is 24.4. The predicted octanol–water partition coefficient (Wildman–Crippen LogP) is 5.19. The molecule has 10 heteroatoms. The summed E-state index contributed by atoms with van der Waals surface area (Å²) in [7, 11) is 1.32. The number of aryl methyl sites for hydroxylation is 1. The summed E-state index contributed by atoms with van der Waals surface area (Å²) < 4.78 is 10.6. The number of hydrogen-bond donors (Lipinski definition) is 0. The SMILES string of the molecule is COC(=O)c1ccc(-c2ccc(/C=C3/SC(=O)N(Cc4cccc([N+](=O)[O-])c4)C3=O)o2)c(C)c1. The number of carbonyl (C=O) groups is 3. The largest absolute Gasteiger partial charge is 0.465 e. The van der Waals surface area contributed by atoms with E-state index in [1.54, 1.807) is 36.4 Å². The average molecular weight is 478 g/mol. The fraction of sp³-hybridized carbons (Fsp3) is 0.125. The van der Waals surface area contributed by atoms with E-state index < -0.39 is 22.0 Å². The third-order valence-corrected chi connectivity index (χ3v) is 6.06. The minimum atomic E-state index is -0.531. The second-order valence-corrected chi connectivity index (χ2v) is 8.41. The second kappa shape index (κ2) is 9.36. The fourth-order valence-corrected chi connectivity index (χ4v) is 4.29. The lowest BCUT2D eigenvalue weighted by Gasteiger charge is -2.12. The molecule has 1 fully saturated rings. The number of methoxy groups -OCH3 is 1. The van der Waals surface area contributed by atoms with E-state index in [1.165, 1.54) is 31.4 Å². The summed E-state index contributed by atoms with van der Waals surface area (Å²) in [6.07, 6.45) is 1.49. The fourth-order valence-electron chi connectivity index (χ4n) is 3.48. The van der Waals surface area contributed by atoms with Crippen molar-refractivity contribution in [2.24, 2.45) is 0 Å². The van der Waals surface area contributed by atoms with Gasteiger partial charge >= 0.3 is 5.97 Å². The van der Waals surface area contributed by atoms with E-state index in [4.69, 9.17) is 9.15 Å². The van der Waals surface area contributed by atoms with Crippen LogP contribution in [0.5, 0.6) is 0 Å². The van der Waals surface area contributed by atoms with Crippen molar-refractivity contribution in [3.63, 3.8) is 0 Å². The van der Waals surface area contributed by atoms with Gasteiger partial charge in [-0.1, -0.05) is 18.2 Å². The number of amides is 2. The summed E-state index contributed by atoms with van der Waals surface area (Å²) in [5.41, 5.74) is 2.36. The molecule has 172 valence electrons. The molecule has 0 radical (unpaired) electrons. The zero-order valence-corrected chi connectivity index (χ0v) is 19.0. The van der Waals surface area contributed by atoms with Gasteiger partial charge < -0.3 is 9.15 Å². The van der Waals surface area contributed by atoms with Gasteiger partial charge in [0.1, 0.15) is 11.5 Å². The molecule has 2 aromatic carbocycles. The van der Waals surface area contributed by atoms with Crippen LogP contribution in [-0.4, -0.2) is 34.0 Å². The number of nitrogens with zero attached hydrogens (tertiary/aromatic N) is 2. The number of hydrogen-bond acceptors (Lipinski definition) is 8. The molecule has 1 aliphatic rings. The molecule has 4 rings (SSSR count). The molecule has 1 saturated heterocycles. The summed E-state index contributed by atoms with van der Waals surface area (Å²) >= 11 is 0.776. The molecule has 2 amide bonds. The molecule has 9 nitrogen and oxygen atoms in total. The number of nitro benzene ring substituents is 1. The number of nitro groups is 1. The highest BCUT2D eigenvalue weighted by Gasteiger charge is 2.35. The Hall–Kier alpha value is -4.18. The van der Waals surface area contributed by atoms with Gasteiger partial charge in [-0.2, -0.15) is 0 Å². The third kappa shape index (κ3) is 4.62. The molecule has 34 heavy (non-hydrogen) atoms. The van der Waals surface area contributed by atoms with Crippen LogP contribution in [0, 0.1) is 17.0 Å². The molecule has 0 N–H and O–H groups in total. The molecule has 1 aromatic heterocycles. The van der Waals surface area contributed by atoms with Crippen LogP contribution in [0.1, 0.15) is 27.2 Å². The highest BCUT2D eigenvalue weighted by molar-refractivity contribution is 8.18. The molecular formula is C24H18N2O7S. The van der Waals surface area contributed by atoms with Crippen LogP contribution >= 0.6 is 11.8 Å². The van der Waals surface area contributed by atoms with Crippen LogP contribution in [0.2, 0.25) is 0 Å². The minimum absolute atomic E-state index is 0.0706. The van der Waals surface area contributed by atoms with Crippen LogP contribution in [0.3, 0.4) is 0 Å². The Bertz CT molecular complexity index is 1360. The Balaban J connectivity index is 1.53. The van der Waals surface area contributed by atoms with E-state index in [1.807, 2.05) is 6.92 Å². The lowest BCUT2D eigenvalue weighted by atomic mass is 10.0. The summed E-state index contributed by atoms with van der Waals surface area (Å²) in [5.74, 6) is -0.0167. The highest BCUT2D eigenvalue weighted by Crippen LogP contribution is 2.35. The van der Waals surface area contributed by atoms with Gasteiger partial charge in [0.05, 0.1) is 29.0 Å². The maximum atomic E-state index is 12.8. The van der Waals surface area contributed by atoms with Gasteiger partial charge in [0.25, 0.3) is 16.8 Å². The number of imide groups is 1. The highest BCUT2D eigenvalue weighted by atomic mass is 32.2. The normalized spacial score (nSPS) is 14.6. The number of non-ortho nitro benzene ring substituents is 1. The van der Waals surface area contributed by atoms with E-state index in [0.717, 1.165) is 27.8 Å². The smallest absolute Gasteiger partial charge is 0.337 e. The number of thioether (sulfide) groups is 1. The number of benzene rings is 2. The Labute approximate surface area is 198 Å². The molecule has 1 aliphatic heterocycles. The Morgan fingerprint density at radius 2 is 1.97 bits per heavy atom. The van der Waals surface area contributed by atoms with Crippen molar-refractivity contribution in [3.8, 4) is 11.3 Å². The molecule has 0 aliphatic carbocycles. The van der Waals surface area contributed by atoms with Crippen molar-refractivity contribution in [2.45, 2.75) is 13.5 Å². The monoisotopic (exact) mass is 478 g/mol. The molecule has 0 bridgehead atoms. The maximum absolute atomic E-state index is 12.8. The molecule has 3 aromatic rings. The molecule has 0 saturated carbocycles. The van der Waals surface area contributed by atoms with Gasteiger partial charge in [-0.05, 0) is 54.1 Å². The first-order valence-corrected chi connectivity index (χ1v) is 10.9. The van der Waals surface area contributed by atoms with Gasteiger partial charge in [-0.3, -0.25) is 24.6 Å². The molecule has 0 unspecified atom stereocenters. The Kier molecular flexibility index (Phi) is 6.33. The van der Waals surface area contributed by atoms with Crippen molar-refractivity contribution in [1.29, 1.82) is 0 Å². The predicted molar refractivity (Wildman–Crippen MR) is 125 cm³/mol. The number of ether oxygens (including phenoxy) is 1. The van der Waals surface area contributed by atoms with Crippen LogP contribution in [-0.2, 0) is 16.1 Å². The molecule has 0 spiro atoms. The van der Waals surface area contributed by atoms with Gasteiger partial charge in [0.2, 0.25) is 0 Å². The zero-order valence-electron chi connectivity index (χ0n) is 18.1. The first kappa shape index (κ1) is 23.0. The maximum Gasteiger partial charge on any atom is 0.337 e.